The molecule has 0 heterocycles. The largest absolute Gasteiger partial charge is 0.384 e. The standard InChI is InChI=1S/C17H19ClINO/c1-20-17(14-7-8-16(19)15(18)11-14)13-5-3-12(4-6-13)9-10-21-2/h3-8,11,17,20H,9-10H2,1-2H3. The molecule has 0 fully saturated rings. The molecule has 0 aliphatic carbocycles. The Morgan fingerprint density at radius 1 is 1.14 bits per heavy atom. The van der Waals surface area contributed by atoms with Crippen LogP contribution >= 0.6 is 34.2 Å². The fraction of sp³-hybridized carbons (Fsp3) is 0.294. The molecule has 1 atom stereocenters. The number of halogens is 2. The van der Waals surface area contributed by atoms with Crippen LogP contribution in [0.4, 0.5) is 0 Å². The molecule has 112 valence electrons. The van der Waals surface area contributed by atoms with E-state index in [0.29, 0.717) is 0 Å². The van der Waals surface area contributed by atoms with Crippen molar-refractivity contribution in [3.05, 3.63) is 67.7 Å². The second kappa shape index (κ2) is 8.13. The zero-order chi connectivity index (χ0) is 15.2. The maximum absolute atomic E-state index is 6.24. The third-order valence-corrected chi connectivity index (χ3v) is 5.05. The summed E-state index contributed by atoms with van der Waals surface area (Å²) in [4.78, 5) is 0. The van der Waals surface area contributed by atoms with Gasteiger partial charge in [0, 0.05) is 10.7 Å². The van der Waals surface area contributed by atoms with Crippen molar-refractivity contribution in [3.63, 3.8) is 0 Å². The van der Waals surface area contributed by atoms with Crippen molar-refractivity contribution in [2.24, 2.45) is 0 Å². The average Bonchev–Trinajstić information content (AvgIpc) is 2.50. The minimum absolute atomic E-state index is 0.149. The normalized spacial score (nSPS) is 12.4. The monoisotopic (exact) mass is 415 g/mol. The Kier molecular flexibility index (Phi) is 6.48. The fourth-order valence-corrected chi connectivity index (χ4v) is 2.84. The smallest absolute Gasteiger partial charge is 0.0574 e. The summed E-state index contributed by atoms with van der Waals surface area (Å²) in [7, 11) is 3.70. The Morgan fingerprint density at radius 3 is 2.38 bits per heavy atom. The lowest BCUT2D eigenvalue weighted by atomic mass is 9.97. The van der Waals surface area contributed by atoms with Gasteiger partial charge in [-0.3, -0.25) is 0 Å². The molecule has 0 aromatic heterocycles. The van der Waals surface area contributed by atoms with Gasteiger partial charge in [0.05, 0.1) is 17.7 Å². The van der Waals surface area contributed by atoms with E-state index >= 15 is 0 Å². The van der Waals surface area contributed by atoms with Crippen molar-refractivity contribution in [2.75, 3.05) is 20.8 Å². The van der Waals surface area contributed by atoms with Gasteiger partial charge in [0.25, 0.3) is 0 Å². The van der Waals surface area contributed by atoms with Crippen molar-refractivity contribution in [1.82, 2.24) is 5.32 Å². The van der Waals surface area contributed by atoms with Crippen molar-refractivity contribution < 1.29 is 4.74 Å². The molecule has 0 saturated carbocycles. The molecule has 4 heteroatoms. The second-order valence-corrected chi connectivity index (χ2v) is 6.45. The lowest BCUT2D eigenvalue weighted by Gasteiger charge is -2.18. The maximum atomic E-state index is 6.24. The van der Waals surface area contributed by atoms with E-state index in [1.165, 1.54) is 16.7 Å². The fourth-order valence-electron chi connectivity index (χ4n) is 2.31. The molecule has 2 nitrogen and oxygen atoms in total. The first-order valence-corrected chi connectivity index (χ1v) is 8.31. The summed E-state index contributed by atoms with van der Waals surface area (Å²) in [6, 6.07) is 15.0. The Morgan fingerprint density at radius 2 is 1.81 bits per heavy atom. The first-order chi connectivity index (χ1) is 10.2. The van der Waals surface area contributed by atoms with Crippen LogP contribution in [-0.4, -0.2) is 20.8 Å². The molecule has 0 aliphatic heterocycles. The highest BCUT2D eigenvalue weighted by atomic mass is 127. The lowest BCUT2D eigenvalue weighted by molar-refractivity contribution is 0.202. The molecule has 0 spiro atoms. The number of benzene rings is 2. The zero-order valence-corrected chi connectivity index (χ0v) is 15.1. The highest BCUT2D eigenvalue weighted by molar-refractivity contribution is 14.1. The Hall–Kier alpha value is -0.620. The summed E-state index contributed by atoms with van der Waals surface area (Å²) < 4.78 is 6.18. The van der Waals surface area contributed by atoms with Crippen LogP contribution < -0.4 is 5.32 Å². The SMILES string of the molecule is CNC(c1ccc(CCOC)cc1)c1ccc(I)c(Cl)c1. The highest BCUT2D eigenvalue weighted by Crippen LogP contribution is 2.27. The molecule has 2 rings (SSSR count). The molecule has 2 aromatic rings. The van der Waals surface area contributed by atoms with Gasteiger partial charge in [-0.2, -0.15) is 0 Å². The van der Waals surface area contributed by atoms with Gasteiger partial charge in [-0.15, -0.1) is 0 Å². The van der Waals surface area contributed by atoms with Gasteiger partial charge in [-0.05, 0) is 64.9 Å². The number of nitrogens with one attached hydrogen (secondary N) is 1. The van der Waals surface area contributed by atoms with E-state index in [1.807, 2.05) is 13.1 Å². The van der Waals surface area contributed by atoms with E-state index in [0.717, 1.165) is 21.6 Å². The molecule has 1 unspecified atom stereocenters. The lowest BCUT2D eigenvalue weighted by Crippen LogP contribution is -2.17. The van der Waals surface area contributed by atoms with Gasteiger partial charge >= 0.3 is 0 Å². The molecule has 0 amide bonds. The Balaban J connectivity index is 2.22. The van der Waals surface area contributed by atoms with Gasteiger partial charge in [-0.25, -0.2) is 0 Å². The van der Waals surface area contributed by atoms with Crippen LogP contribution in [0.25, 0.3) is 0 Å². The molecular formula is C17H19ClINO. The number of methoxy groups -OCH3 is 1. The zero-order valence-electron chi connectivity index (χ0n) is 12.2. The molecule has 21 heavy (non-hydrogen) atoms. The van der Waals surface area contributed by atoms with Crippen molar-refractivity contribution in [3.8, 4) is 0 Å². The summed E-state index contributed by atoms with van der Waals surface area (Å²) in [6.07, 6.45) is 0.941. The van der Waals surface area contributed by atoms with Crippen molar-refractivity contribution in [1.29, 1.82) is 0 Å². The van der Waals surface area contributed by atoms with E-state index in [1.54, 1.807) is 7.11 Å². The molecular weight excluding hydrogens is 397 g/mol. The van der Waals surface area contributed by atoms with Crippen LogP contribution in [-0.2, 0) is 11.2 Å². The number of hydrogen-bond acceptors (Lipinski definition) is 2. The highest BCUT2D eigenvalue weighted by Gasteiger charge is 2.13. The average molecular weight is 416 g/mol. The minimum atomic E-state index is 0.149. The van der Waals surface area contributed by atoms with Gasteiger partial charge in [0.2, 0.25) is 0 Å². The first-order valence-electron chi connectivity index (χ1n) is 6.85. The van der Waals surface area contributed by atoms with Crippen molar-refractivity contribution in [2.45, 2.75) is 12.5 Å². The van der Waals surface area contributed by atoms with Crippen LogP contribution in [0.15, 0.2) is 42.5 Å². The number of ether oxygens (including phenoxy) is 1. The number of hydrogen-bond donors (Lipinski definition) is 1. The van der Waals surface area contributed by atoms with Gasteiger partial charge in [0.15, 0.2) is 0 Å². The molecule has 2 aromatic carbocycles. The second-order valence-electron chi connectivity index (χ2n) is 4.88. The number of rotatable bonds is 6. The van der Waals surface area contributed by atoms with Crippen LogP contribution in [0.2, 0.25) is 5.02 Å². The Bertz CT molecular complexity index is 586. The van der Waals surface area contributed by atoms with E-state index in [2.05, 4.69) is 64.3 Å². The third-order valence-electron chi connectivity index (χ3n) is 3.47. The van der Waals surface area contributed by atoms with Gasteiger partial charge in [0.1, 0.15) is 0 Å². The minimum Gasteiger partial charge on any atom is -0.384 e. The third kappa shape index (κ3) is 4.42. The molecule has 1 N–H and O–H groups in total. The van der Waals surface area contributed by atoms with Crippen LogP contribution in [0.1, 0.15) is 22.7 Å². The van der Waals surface area contributed by atoms with E-state index in [4.69, 9.17) is 16.3 Å². The summed E-state index contributed by atoms with van der Waals surface area (Å²) in [6.45, 7) is 0.752. The van der Waals surface area contributed by atoms with Gasteiger partial charge < -0.3 is 10.1 Å². The summed E-state index contributed by atoms with van der Waals surface area (Å²) in [5.41, 5.74) is 3.69. The Labute approximate surface area is 145 Å². The maximum Gasteiger partial charge on any atom is 0.0574 e. The van der Waals surface area contributed by atoms with E-state index in [9.17, 15) is 0 Å². The van der Waals surface area contributed by atoms with Gasteiger partial charge in [-0.1, -0.05) is 41.9 Å². The van der Waals surface area contributed by atoms with Crippen molar-refractivity contribution >= 4 is 34.2 Å². The quantitative estimate of drug-likeness (QED) is 0.704. The van der Waals surface area contributed by atoms with Crippen LogP contribution in [0.3, 0.4) is 0 Å². The molecule has 0 radical (unpaired) electrons. The molecule has 0 aliphatic rings. The van der Waals surface area contributed by atoms with E-state index < -0.39 is 0 Å². The predicted molar refractivity (Wildman–Crippen MR) is 97.1 cm³/mol. The van der Waals surface area contributed by atoms with Crippen LogP contribution in [0, 0.1) is 3.57 Å². The van der Waals surface area contributed by atoms with Crippen LogP contribution in [0.5, 0.6) is 0 Å². The molecule has 0 bridgehead atoms. The first kappa shape index (κ1) is 16.7. The summed E-state index contributed by atoms with van der Waals surface area (Å²) in [5.74, 6) is 0. The summed E-state index contributed by atoms with van der Waals surface area (Å²) in [5, 5.41) is 4.15. The summed E-state index contributed by atoms with van der Waals surface area (Å²) >= 11 is 8.48. The van der Waals surface area contributed by atoms with E-state index in [-0.39, 0.29) is 6.04 Å². The predicted octanol–water partition coefficient (Wildman–Crippen LogP) is 4.44. The topological polar surface area (TPSA) is 21.3 Å². The molecule has 0 saturated heterocycles.